The van der Waals surface area contributed by atoms with Crippen LogP contribution in [0.4, 0.5) is 5.69 Å². The Morgan fingerprint density at radius 3 is 2.65 bits per heavy atom. The summed E-state index contributed by atoms with van der Waals surface area (Å²) in [5, 5.41) is 19.9. The van der Waals surface area contributed by atoms with Gasteiger partial charge in [0.15, 0.2) is 0 Å². The SMILES string of the molecule is CCN1CCC[C@@H]1CNCc1cc(-c2cccc(CN3O[C@@H](CN)[C@@H]([C@H](C)O)[C@H]3C(=O)N[C@H]3C[C@H]4C[C@@H]([C@@H]3C)C4(C)C)c2OC)cc(N(C)C)c1. The van der Waals surface area contributed by atoms with Crippen LogP contribution in [0.3, 0.4) is 0 Å². The minimum Gasteiger partial charge on any atom is -0.496 e. The van der Waals surface area contributed by atoms with Crippen molar-refractivity contribution in [3.8, 4) is 16.9 Å². The van der Waals surface area contributed by atoms with Gasteiger partial charge in [-0.05, 0) is 98.2 Å². The van der Waals surface area contributed by atoms with Gasteiger partial charge in [0, 0.05) is 68.5 Å². The number of benzene rings is 2. The van der Waals surface area contributed by atoms with E-state index in [-0.39, 0.29) is 18.5 Å². The molecular weight excluding hydrogens is 640 g/mol. The Hall–Kier alpha value is -2.73. The molecule has 5 N–H and O–H groups in total. The van der Waals surface area contributed by atoms with Crippen molar-refractivity contribution in [1.82, 2.24) is 20.6 Å². The van der Waals surface area contributed by atoms with Gasteiger partial charge in [0.2, 0.25) is 5.91 Å². The Morgan fingerprint density at radius 1 is 1.22 bits per heavy atom. The van der Waals surface area contributed by atoms with Gasteiger partial charge in [-0.1, -0.05) is 45.9 Å². The molecule has 5 fully saturated rings. The number of methoxy groups -OCH3 is 1. The number of carbonyl (C=O) groups excluding carboxylic acids is 1. The van der Waals surface area contributed by atoms with Crippen LogP contribution in [0.1, 0.15) is 71.4 Å². The average molecular weight is 705 g/mol. The first-order valence-corrected chi connectivity index (χ1v) is 19.4. The van der Waals surface area contributed by atoms with E-state index in [0.29, 0.717) is 35.8 Å². The molecule has 2 bridgehead atoms. The smallest absolute Gasteiger partial charge is 0.240 e. The minimum atomic E-state index is -0.775. The minimum absolute atomic E-state index is 0.0987. The van der Waals surface area contributed by atoms with Crippen molar-refractivity contribution in [2.45, 2.75) is 104 Å². The number of aliphatic hydroxyl groups excluding tert-OH is 1. The van der Waals surface area contributed by atoms with Crippen LogP contribution in [0.5, 0.6) is 5.75 Å². The lowest BCUT2D eigenvalue weighted by atomic mass is 9.45. The normalized spacial score (nSPS) is 30.9. The van der Waals surface area contributed by atoms with Crippen molar-refractivity contribution in [2.75, 3.05) is 52.3 Å². The quantitative estimate of drug-likeness (QED) is 0.224. The number of hydroxylamine groups is 2. The van der Waals surface area contributed by atoms with Crippen molar-refractivity contribution >= 4 is 11.6 Å². The lowest BCUT2D eigenvalue weighted by Crippen LogP contribution is -2.62. The van der Waals surface area contributed by atoms with E-state index in [2.05, 4.69) is 86.5 Å². The third-order valence-corrected chi connectivity index (χ3v) is 13.2. The molecule has 0 spiro atoms. The van der Waals surface area contributed by atoms with E-state index < -0.39 is 24.2 Å². The molecule has 2 aromatic rings. The van der Waals surface area contributed by atoms with E-state index in [9.17, 15) is 9.90 Å². The number of fused-ring (bicyclic) bond motifs is 2. The Balaban J connectivity index is 1.24. The van der Waals surface area contributed by atoms with Gasteiger partial charge in [-0.25, -0.2) is 0 Å². The number of likely N-dealkylation sites (N-methyl/N-ethyl adjacent to an activating group) is 1. The molecular formula is C41H64N6O4. The zero-order chi connectivity index (χ0) is 36.6. The Labute approximate surface area is 306 Å². The number of hydrogen-bond acceptors (Lipinski definition) is 9. The number of carbonyl (C=O) groups is 1. The molecule has 9 atom stereocenters. The highest BCUT2D eigenvalue weighted by Gasteiger charge is 2.57. The van der Waals surface area contributed by atoms with Crippen LogP contribution >= 0.6 is 0 Å². The third-order valence-electron chi connectivity index (χ3n) is 13.2. The topological polar surface area (TPSA) is 116 Å². The van der Waals surface area contributed by atoms with Gasteiger partial charge in [0.05, 0.1) is 25.9 Å². The van der Waals surface area contributed by atoms with Crippen LogP contribution in [0, 0.1) is 29.1 Å². The van der Waals surface area contributed by atoms with Crippen LogP contribution in [-0.4, -0.2) is 98.7 Å². The summed E-state index contributed by atoms with van der Waals surface area (Å²) in [5.74, 6) is 1.80. The van der Waals surface area contributed by atoms with Crippen LogP contribution in [0.2, 0.25) is 0 Å². The second-order valence-corrected chi connectivity index (χ2v) is 16.6. The fourth-order valence-corrected chi connectivity index (χ4v) is 9.99. The molecule has 0 radical (unpaired) electrons. The summed E-state index contributed by atoms with van der Waals surface area (Å²) in [4.78, 5) is 25.4. The van der Waals surface area contributed by atoms with Crippen molar-refractivity contribution in [3.05, 3.63) is 47.5 Å². The maximum atomic E-state index is 14.3. The van der Waals surface area contributed by atoms with E-state index in [1.54, 1.807) is 19.1 Å². The first-order chi connectivity index (χ1) is 24.4. The molecule has 10 heteroatoms. The number of nitrogens with two attached hydrogens (primary N) is 1. The molecule has 51 heavy (non-hydrogen) atoms. The predicted molar refractivity (Wildman–Crippen MR) is 204 cm³/mol. The number of hydrogen-bond donors (Lipinski definition) is 4. The maximum absolute atomic E-state index is 14.3. The summed E-state index contributed by atoms with van der Waals surface area (Å²) < 4.78 is 6.16. The lowest BCUT2D eigenvalue weighted by molar-refractivity contribution is -0.175. The molecule has 3 aliphatic carbocycles. The highest BCUT2D eigenvalue weighted by molar-refractivity contribution is 5.83. The van der Waals surface area contributed by atoms with Crippen LogP contribution < -0.4 is 26.0 Å². The summed E-state index contributed by atoms with van der Waals surface area (Å²) >= 11 is 0. The van der Waals surface area contributed by atoms with E-state index in [1.807, 2.05) is 12.1 Å². The van der Waals surface area contributed by atoms with Gasteiger partial charge in [-0.15, -0.1) is 0 Å². The molecule has 3 saturated carbocycles. The van der Waals surface area contributed by atoms with Crippen LogP contribution in [-0.2, 0) is 22.7 Å². The summed E-state index contributed by atoms with van der Waals surface area (Å²) in [6.45, 7) is 15.6. The Morgan fingerprint density at radius 2 is 2.00 bits per heavy atom. The predicted octanol–water partition coefficient (Wildman–Crippen LogP) is 4.63. The van der Waals surface area contributed by atoms with Crippen molar-refractivity contribution in [1.29, 1.82) is 0 Å². The number of aliphatic hydroxyl groups is 1. The number of anilines is 1. The van der Waals surface area contributed by atoms with E-state index in [1.165, 1.54) is 31.4 Å². The van der Waals surface area contributed by atoms with Crippen LogP contribution in [0.15, 0.2) is 36.4 Å². The summed E-state index contributed by atoms with van der Waals surface area (Å²) in [6, 6.07) is 12.9. The van der Waals surface area contributed by atoms with Gasteiger partial charge >= 0.3 is 0 Å². The molecule has 7 rings (SSSR count). The average Bonchev–Trinajstić information content (AvgIpc) is 3.72. The lowest BCUT2D eigenvalue weighted by Gasteiger charge is -2.62. The number of rotatable bonds is 14. The number of nitrogens with zero attached hydrogens (tertiary/aromatic N) is 3. The Kier molecular flexibility index (Phi) is 11.7. The molecule has 2 saturated heterocycles. The first kappa shape index (κ1) is 38.0. The Bertz CT molecular complexity index is 1510. The fourth-order valence-electron chi connectivity index (χ4n) is 9.99. The van der Waals surface area contributed by atoms with Crippen LogP contribution in [0.25, 0.3) is 11.1 Å². The van der Waals surface area contributed by atoms with Gasteiger partial charge in [0.25, 0.3) is 0 Å². The molecule has 282 valence electrons. The van der Waals surface area contributed by atoms with Gasteiger partial charge in [-0.2, -0.15) is 5.06 Å². The summed E-state index contributed by atoms with van der Waals surface area (Å²) in [6.07, 6.45) is 3.50. The van der Waals surface area contributed by atoms with E-state index in [0.717, 1.165) is 54.2 Å². The van der Waals surface area contributed by atoms with Crippen molar-refractivity contribution in [3.63, 3.8) is 0 Å². The highest BCUT2D eigenvalue weighted by Crippen LogP contribution is 2.61. The molecule has 5 aliphatic rings. The fraction of sp³-hybridized carbons (Fsp3) is 0.683. The van der Waals surface area contributed by atoms with Crippen molar-refractivity contribution in [2.24, 2.45) is 34.8 Å². The van der Waals surface area contributed by atoms with Crippen molar-refractivity contribution < 1.29 is 19.5 Å². The summed E-state index contributed by atoms with van der Waals surface area (Å²) in [7, 11) is 5.85. The molecule has 2 heterocycles. The second kappa shape index (κ2) is 15.7. The number of amides is 1. The third kappa shape index (κ3) is 7.55. The van der Waals surface area contributed by atoms with E-state index >= 15 is 0 Å². The monoisotopic (exact) mass is 704 g/mol. The maximum Gasteiger partial charge on any atom is 0.240 e. The molecule has 0 aromatic heterocycles. The molecule has 1 amide bonds. The molecule has 2 aliphatic heterocycles. The number of nitrogens with one attached hydrogen (secondary N) is 2. The standard InChI is InChI=1S/C41H64N6O4/c1-9-46-15-11-13-31(46)23-43-22-27-16-29(18-32(17-27)45(6)7)33-14-10-12-28(39(33)50-8)24-47-38(37(26(3)48)36(21-42)51-47)40(49)44-35-20-30-19-34(25(35)2)41(30,4)5/h10,12,14,16-18,25-26,30-31,34-38,43,48H,9,11,13,15,19-24,42H2,1-8H3,(H,44,49)/t25-,26-,30+,31+,34-,35-,36-,37+,38-/m0/s1. The zero-order valence-electron chi connectivity index (χ0n) is 32.3. The molecule has 0 unspecified atom stereocenters. The van der Waals surface area contributed by atoms with Gasteiger partial charge in [-0.3, -0.25) is 14.5 Å². The highest BCUT2D eigenvalue weighted by atomic mass is 16.7. The largest absolute Gasteiger partial charge is 0.496 e. The molecule has 10 nitrogen and oxygen atoms in total. The number of para-hydroxylation sites is 1. The molecule has 2 aromatic carbocycles. The van der Waals surface area contributed by atoms with Gasteiger partial charge < -0.3 is 31.1 Å². The van der Waals surface area contributed by atoms with Gasteiger partial charge in [0.1, 0.15) is 11.8 Å². The summed E-state index contributed by atoms with van der Waals surface area (Å²) in [5.41, 5.74) is 11.8. The zero-order valence-corrected chi connectivity index (χ0v) is 32.3. The number of ether oxygens (including phenoxy) is 1. The van der Waals surface area contributed by atoms with E-state index in [4.69, 9.17) is 15.3 Å². The number of likely N-dealkylation sites (tertiary alicyclic amines) is 1. The first-order valence-electron chi connectivity index (χ1n) is 19.4. The second-order valence-electron chi connectivity index (χ2n) is 16.6.